The number of hydrogen-bond acceptors (Lipinski definition) is 3. The van der Waals surface area contributed by atoms with Crippen molar-refractivity contribution in [1.29, 1.82) is 0 Å². The molecule has 0 saturated heterocycles. The molecule has 0 fully saturated rings. The Kier molecular flexibility index (Phi) is 5.17. The van der Waals surface area contributed by atoms with Gasteiger partial charge in [0.05, 0.1) is 7.11 Å². The lowest BCUT2D eigenvalue weighted by Gasteiger charge is -2.36. The first-order chi connectivity index (χ1) is 8.40. The summed E-state index contributed by atoms with van der Waals surface area (Å²) in [5, 5.41) is 0. The average molecular weight is 250 g/mol. The molecule has 1 aromatic carbocycles. The second-order valence-electron chi connectivity index (χ2n) is 5.43. The molecular formula is C15H26N2O. The fraction of sp³-hybridized carbons (Fsp3) is 0.600. The standard InChI is InChI=1S/C15H26N2O/c1-6-15(2,3)17(4)11-14(16)12-8-7-9-13(10-12)18-5/h7-10,14H,6,11,16H2,1-5H3. The zero-order valence-corrected chi connectivity index (χ0v) is 12.2. The Balaban J connectivity index is 2.72. The van der Waals surface area contributed by atoms with Crippen LogP contribution in [0.3, 0.4) is 0 Å². The molecule has 0 radical (unpaired) electrons. The first-order valence-electron chi connectivity index (χ1n) is 6.51. The molecule has 3 nitrogen and oxygen atoms in total. The molecule has 3 heteroatoms. The van der Waals surface area contributed by atoms with Crippen molar-refractivity contribution in [3.63, 3.8) is 0 Å². The van der Waals surface area contributed by atoms with Crippen molar-refractivity contribution in [2.75, 3.05) is 20.7 Å². The molecule has 1 atom stereocenters. The van der Waals surface area contributed by atoms with Crippen molar-refractivity contribution >= 4 is 0 Å². The first-order valence-corrected chi connectivity index (χ1v) is 6.51. The Morgan fingerprint density at radius 3 is 2.61 bits per heavy atom. The fourth-order valence-electron chi connectivity index (χ4n) is 1.79. The molecule has 0 heterocycles. The van der Waals surface area contributed by atoms with Crippen molar-refractivity contribution in [2.45, 2.75) is 38.8 Å². The van der Waals surface area contributed by atoms with Crippen LogP contribution in [0.2, 0.25) is 0 Å². The average Bonchev–Trinajstić information content (AvgIpc) is 2.38. The van der Waals surface area contributed by atoms with Gasteiger partial charge in [0.25, 0.3) is 0 Å². The largest absolute Gasteiger partial charge is 0.497 e. The molecule has 0 aromatic heterocycles. The first kappa shape index (κ1) is 15.0. The van der Waals surface area contributed by atoms with Gasteiger partial charge in [-0.05, 0) is 45.0 Å². The van der Waals surface area contributed by atoms with E-state index in [1.807, 2.05) is 18.2 Å². The fourth-order valence-corrected chi connectivity index (χ4v) is 1.79. The molecule has 0 spiro atoms. The van der Waals surface area contributed by atoms with Crippen LogP contribution < -0.4 is 10.5 Å². The third-order valence-electron chi connectivity index (χ3n) is 3.89. The quantitative estimate of drug-likeness (QED) is 0.843. The summed E-state index contributed by atoms with van der Waals surface area (Å²) < 4.78 is 5.23. The zero-order chi connectivity index (χ0) is 13.8. The Morgan fingerprint density at radius 2 is 2.06 bits per heavy atom. The summed E-state index contributed by atoms with van der Waals surface area (Å²) in [5.74, 6) is 0.861. The highest BCUT2D eigenvalue weighted by atomic mass is 16.5. The maximum absolute atomic E-state index is 6.27. The Morgan fingerprint density at radius 1 is 1.39 bits per heavy atom. The molecule has 0 aliphatic carbocycles. The normalized spacial score (nSPS) is 13.7. The maximum Gasteiger partial charge on any atom is 0.119 e. The molecule has 102 valence electrons. The number of methoxy groups -OCH3 is 1. The Hall–Kier alpha value is -1.06. The summed E-state index contributed by atoms with van der Waals surface area (Å²) in [6, 6.07) is 8.00. The van der Waals surface area contributed by atoms with E-state index in [0.29, 0.717) is 0 Å². The number of likely N-dealkylation sites (N-methyl/N-ethyl adjacent to an activating group) is 1. The Labute approximate surface area is 111 Å². The summed E-state index contributed by atoms with van der Waals surface area (Å²) >= 11 is 0. The Bertz CT molecular complexity index is 377. The van der Waals surface area contributed by atoms with Crippen LogP contribution in [-0.2, 0) is 0 Å². The van der Waals surface area contributed by atoms with Crippen LogP contribution in [0, 0.1) is 0 Å². The van der Waals surface area contributed by atoms with Gasteiger partial charge in [-0.25, -0.2) is 0 Å². The van der Waals surface area contributed by atoms with Gasteiger partial charge in [-0.1, -0.05) is 19.1 Å². The molecule has 2 N–H and O–H groups in total. The van der Waals surface area contributed by atoms with Crippen LogP contribution in [-0.4, -0.2) is 31.1 Å². The number of nitrogens with zero attached hydrogens (tertiary/aromatic N) is 1. The van der Waals surface area contributed by atoms with E-state index in [2.05, 4.69) is 38.8 Å². The minimum atomic E-state index is 0.0101. The van der Waals surface area contributed by atoms with Gasteiger partial charge in [0.2, 0.25) is 0 Å². The molecule has 18 heavy (non-hydrogen) atoms. The lowest BCUT2D eigenvalue weighted by molar-refractivity contribution is 0.142. The van der Waals surface area contributed by atoms with E-state index < -0.39 is 0 Å². The highest BCUT2D eigenvalue weighted by molar-refractivity contribution is 5.30. The smallest absolute Gasteiger partial charge is 0.119 e. The SMILES string of the molecule is CCC(C)(C)N(C)CC(N)c1cccc(OC)c1. The minimum absolute atomic E-state index is 0.0101. The highest BCUT2D eigenvalue weighted by Crippen LogP contribution is 2.22. The molecule has 0 aliphatic heterocycles. The second kappa shape index (κ2) is 6.21. The van der Waals surface area contributed by atoms with Crippen LogP contribution in [0.1, 0.15) is 38.8 Å². The van der Waals surface area contributed by atoms with Crippen molar-refractivity contribution in [3.8, 4) is 5.75 Å². The lowest BCUT2D eigenvalue weighted by Crippen LogP contribution is -2.44. The number of ether oxygens (including phenoxy) is 1. The predicted octanol–water partition coefficient (Wildman–Crippen LogP) is 2.82. The number of rotatable bonds is 6. The van der Waals surface area contributed by atoms with E-state index in [0.717, 1.165) is 24.3 Å². The molecule has 0 bridgehead atoms. The summed E-state index contributed by atoms with van der Waals surface area (Å²) in [6.45, 7) is 7.53. The van der Waals surface area contributed by atoms with Crippen LogP contribution in [0.25, 0.3) is 0 Å². The van der Waals surface area contributed by atoms with Gasteiger partial charge in [-0.2, -0.15) is 0 Å². The maximum atomic E-state index is 6.27. The van der Waals surface area contributed by atoms with Gasteiger partial charge >= 0.3 is 0 Å². The summed E-state index contributed by atoms with van der Waals surface area (Å²) in [4.78, 5) is 2.32. The highest BCUT2D eigenvalue weighted by Gasteiger charge is 2.23. The van der Waals surface area contributed by atoms with Crippen molar-refractivity contribution in [3.05, 3.63) is 29.8 Å². The predicted molar refractivity (Wildman–Crippen MR) is 76.9 cm³/mol. The summed E-state index contributed by atoms with van der Waals surface area (Å²) in [5.41, 5.74) is 7.57. The molecule has 0 amide bonds. The molecule has 1 aromatic rings. The van der Waals surface area contributed by atoms with Crippen molar-refractivity contribution < 1.29 is 4.74 Å². The van der Waals surface area contributed by atoms with E-state index in [-0.39, 0.29) is 11.6 Å². The summed E-state index contributed by atoms with van der Waals surface area (Å²) in [7, 11) is 3.81. The van der Waals surface area contributed by atoms with Crippen LogP contribution >= 0.6 is 0 Å². The van der Waals surface area contributed by atoms with Crippen LogP contribution in [0.5, 0.6) is 5.75 Å². The lowest BCUT2D eigenvalue weighted by atomic mass is 9.98. The van der Waals surface area contributed by atoms with E-state index in [1.54, 1.807) is 7.11 Å². The van der Waals surface area contributed by atoms with Gasteiger partial charge in [0.15, 0.2) is 0 Å². The van der Waals surface area contributed by atoms with E-state index in [4.69, 9.17) is 10.5 Å². The van der Waals surface area contributed by atoms with E-state index >= 15 is 0 Å². The van der Waals surface area contributed by atoms with Gasteiger partial charge in [0, 0.05) is 18.1 Å². The van der Waals surface area contributed by atoms with E-state index in [9.17, 15) is 0 Å². The molecule has 0 aliphatic rings. The van der Waals surface area contributed by atoms with Gasteiger partial charge in [0.1, 0.15) is 5.75 Å². The third-order valence-corrected chi connectivity index (χ3v) is 3.89. The van der Waals surface area contributed by atoms with Gasteiger partial charge < -0.3 is 10.5 Å². The number of nitrogens with two attached hydrogens (primary N) is 1. The van der Waals surface area contributed by atoms with E-state index in [1.165, 1.54) is 0 Å². The molecular weight excluding hydrogens is 224 g/mol. The zero-order valence-electron chi connectivity index (χ0n) is 12.2. The number of hydrogen-bond donors (Lipinski definition) is 1. The second-order valence-corrected chi connectivity index (χ2v) is 5.43. The topological polar surface area (TPSA) is 38.5 Å². The molecule has 0 saturated carbocycles. The van der Waals surface area contributed by atoms with Crippen molar-refractivity contribution in [2.24, 2.45) is 5.73 Å². The summed E-state index contributed by atoms with van der Waals surface area (Å²) in [6.07, 6.45) is 1.11. The monoisotopic (exact) mass is 250 g/mol. The van der Waals surface area contributed by atoms with Gasteiger partial charge in [-0.15, -0.1) is 0 Å². The van der Waals surface area contributed by atoms with Crippen LogP contribution in [0.15, 0.2) is 24.3 Å². The van der Waals surface area contributed by atoms with Crippen molar-refractivity contribution in [1.82, 2.24) is 4.90 Å². The third kappa shape index (κ3) is 3.72. The van der Waals surface area contributed by atoms with Gasteiger partial charge in [-0.3, -0.25) is 4.90 Å². The minimum Gasteiger partial charge on any atom is -0.497 e. The molecule has 1 unspecified atom stereocenters. The molecule has 1 rings (SSSR count). The number of benzene rings is 1. The van der Waals surface area contributed by atoms with Crippen LogP contribution in [0.4, 0.5) is 0 Å².